The van der Waals surface area contributed by atoms with E-state index >= 15 is 0 Å². The van der Waals surface area contributed by atoms with Crippen LogP contribution in [0.3, 0.4) is 0 Å². The van der Waals surface area contributed by atoms with Gasteiger partial charge in [0.05, 0.1) is 11.1 Å². The molecule has 1 aliphatic rings. The van der Waals surface area contributed by atoms with Crippen LogP contribution in [0.2, 0.25) is 0 Å². The van der Waals surface area contributed by atoms with Crippen LogP contribution in [0, 0.1) is 0 Å². The van der Waals surface area contributed by atoms with Gasteiger partial charge < -0.3 is 9.80 Å². The summed E-state index contributed by atoms with van der Waals surface area (Å²) in [5.41, 5.74) is 0.597. The van der Waals surface area contributed by atoms with Crippen LogP contribution in [0.5, 0.6) is 0 Å². The van der Waals surface area contributed by atoms with Gasteiger partial charge >= 0.3 is 6.18 Å². The highest BCUT2D eigenvalue weighted by Crippen LogP contribution is 2.32. The fraction of sp³-hybridized carbons (Fsp3) is 0.381. The maximum absolute atomic E-state index is 13.0. The lowest BCUT2D eigenvalue weighted by atomic mass is 10.1. The molecule has 3 nitrogen and oxygen atoms in total. The highest BCUT2D eigenvalue weighted by molar-refractivity contribution is 7.99. The number of hydrogen-bond acceptors (Lipinski definition) is 3. The molecule has 0 bridgehead atoms. The highest BCUT2D eigenvalue weighted by Gasteiger charge is 2.31. The lowest BCUT2D eigenvalue weighted by molar-refractivity contribution is -0.137. The van der Waals surface area contributed by atoms with Crippen molar-refractivity contribution in [1.29, 1.82) is 0 Å². The number of alkyl halides is 3. The van der Waals surface area contributed by atoms with Crippen molar-refractivity contribution in [2.45, 2.75) is 24.4 Å². The van der Waals surface area contributed by atoms with Crippen molar-refractivity contribution in [2.24, 2.45) is 0 Å². The Balaban J connectivity index is 1.67. The molecule has 7 heteroatoms. The molecule has 0 aromatic heterocycles. The Morgan fingerprint density at radius 1 is 1.04 bits per heavy atom. The first-order chi connectivity index (χ1) is 13.4. The third-order valence-corrected chi connectivity index (χ3v) is 5.96. The first-order valence-corrected chi connectivity index (χ1v) is 10.3. The van der Waals surface area contributed by atoms with E-state index in [1.54, 1.807) is 22.7 Å². The van der Waals surface area contributed by atoms with E-state index in [9.17, 15) is 18.0 Å². The van der Waals surface area contributed by atoms with Gasteiger partial charge in [-0.15, -0.1) is 11.8 Å². The molecule has 1 amide bonds. The number of benzene rings is 2. The number of carbonyl (C=O) groups excluding carboxylic acids is 1. The van der Waals surface area contributed by atoms with Crippen molar-refractivity contribution in [3.8, 4) is 0 Å². The molecule has 2 aromatic rings. The molecule has 28 heavy (non-hydrogen) atoms. The number of thioether (sulfide) groups is 1. The number of rotatable bonds is 5. The summed E-state index contributed by atoms with van der Waals surface area (Å²) in [6.07, 6.45) is -3.32. The van der Waals surface area contributed by atoms with Gasteiger partial charge in [0.15, 0.2) is 0 Å². The molecule has 0 N–H and O–H groups in total. The highest BCUT2D eigenvalue weighted by atomic mass is 32.2. The van der Waals surface area contributed by atoms with E-state index in [1.165, 1.54) is 12.1 Å². The van der Waals surface area contributed by atoms with E-state index in [2.05, 4.69) is 6.92 Å². The molecule has 1 aliphatic heterocycles. The Kier molecular flexibility index (Phi) is 6.54. The molecular weight excluding hydrogens is 385 g/mol. The van der Waals surface area contributed by atoms with E-state index in [-0.39, 0.29) is 5.91 Å². The molecule has 0 spiro atoms. The number of amides is 1. The second-order valence-corrected chi connectivity index (χ2v) is 7.81. The summed E-state index contributed by atoms with van der Waals surface area (Å²) in [7, 11) is 0. The first-order valence-electron chi connectivity index (χ1n) is 9.33. The molecule has 3 rings (SSSR count). The van der Waals surface area contributed by atoms with Crippen molar-refractivity contribution in [3.63, 3.8) is 0 Å². The summed E-state index contributed by atoms with van der Waals surface area (Å²) in [5.74, 6) is 0.941. The Morgan fingerprint density at radius 2 is 1.75 bits per heavy atom. The Hall–Kier alpha value is -2.15. The minimum Gasteiger partial charge on any atom is -0.368 e. The van der Waals surface area contributed by atoms with Gasteiger partial charge in [-0.1, -0.05) is 25.1 Å². The van der Waals surface area contributed by atoms with Crippen molar-refractivity contribution >= 4 is 23.4 Å². The van der Waals surface area contributed by atoms with Gasteiger partial charge in [-0.3, -0.25) is 4.79 Å². The quantitative estimate of drug-likeness (QED) is 0.638. The molecular formula is C21H23F3N2OS. The van der Waals surface area contributed by atoms with Crippen molar-refractivity contribution in [3.05, 3.63) is 59.7 Å². The molecule has 0 atom stereocenters. The topological polar surface area (TPSA) is 23.6 Å². The van der Waals surface area contributed by atoms with Gasteiger partial charge in [0, 0.05) is 36.8 Å². The summed E-state index contributed by atoms with van der Waals surface area (Å²) >= 11 is 1.68. The molecule has 0 saturated carbocycles. The second kappa shape index (κ2) is 8.90. The van der Waals surface area contributed by atoms with Gasteiger partial charge in [0.1, 0.15) is 0 Å². The number of anilines is 1. The van der Waals surface area contributed by atoms with Crippen LogP contribution in [0.25, 0.3) is 0 Å². The summed E-state index contributed by atoms with van der Waals surface area (Å²) in [4.78, 5) is 17.6. The zero-order chi connectivity index (χ0) is 20.1. The van der Waals surface area contributed by atoms with Crippen molar-refractivity contribution in [2.75, 3.05) is 36.8 Å². The lowest BCUT2D eigenvalue weighted by Crippen LogP contribution is -2.49. The van der Waals surface area contributed by atoms with Gasteiger partial charge in [-0.05, 0) is 42.5 Å². The van der Waals surface area contributed by atoms with Crippen LogP contribution in [0.1, 0.15) is 29.3 Å². The number of halogens is 3. The second-order valence-electron chi connectivity index (χ2n) is 6.67. The van der Waals surface area contributed by atoms with Crippen LogP contribution in [-0.4, -0.2) is 42.7 Å². The number of carbonyl (C=O) groups is 1. The van der Waals surface area contributed by atoms with Crippen LogP contribution in [0.15, 0.2) is 53.4 Å². The molecule has 0 aliphatic carbocycles. The van der Waals surface area contributed by atoms with Crippen LogP contribution >= 0.6 is 11.8 Å². The maximum Gasteiger partial charge on any atom is 0.416 e. The van der Waals surface area contributed by atoms with Crippen molar-refractivity contribution < 1.29 is 18.0 Å². The Bertz CT molecular complexity index is 817. The average Bonchev–Trinajstić information content (AvgIpc) is 2.71. The zero-order valence-electron chi connectivity index (χ0n) is 15.7. The maximum atomic E-state index is 13.0. The standard InChI is InChI=1S/C21H23F3N2OS/c1-2-14-28-19-9-4-3-8-18(19)20(27)26-12-10-25(11-13-26)17-7-5-6-16(15-17)21(22,23)24/h3-9,15H,2,10-14H2,1H3. The van der Waals surface area contributed by atoms with Gasteiger partial charge in [-0.2, -0.15) is 13.2 Å². The Labute approximate surface area is 167 Å². The van der Waals surface area contributed by atoms with E-state index in [0.29, 0.717) is 37.4 Å². The smallest absolute Gasteiger partial charge is 0.368 e. The van der Waals surface area contributed by atoms with Gasteiger partial charge in [-0.25, -0.2) is 0 Å². The summed E-state index contributed by atoms with van der Waals surface area (Å²) in [5, 5.41) is 0. The third kappa shape index (κ3) is 4.82. The zero-order valence-corrected chi connectivity index (χ0v) is 16.5. The van der Waals surface area contributed by atoms with E-state index in [4.69, 9.17) is 0 Å². The minimum atomic E-state index is -4.35. The summed E-state index contributed by atoms with van der Waals surface area (Å²) < 4.78 is 38.8. The monoisotopic (exact) mass is 408 g/mol. The fourth-order valence-corrected chi connectivity index (χ4v) is 4.11. The molecule has 0 radical (unpaired) electrons. The van der Waals surface area contributed by atoms with E-state index in [0.717, 1.165) is 23.1 Å². The van der Waals surface area contributed by atoms with E-state index in [1.807, 2.05) is 29.2 Å². The first kappa shape index (κ1) is 20.6. The minimum absolute atomic E-state index is 0.0112. The number of hydrogen-bond donors (Lipinski definition) is 0. The number of piperazine rings is 1. The van der Waals surface area contributed by atoms with Gasteiger partial charge in [0.2, 0.25) is 0 Å². The molecule has 150 valence electrons. The normalized spacial score (nSPS) is 15.0. The average molecular weight is 408 g/mol. The van der Waals surface area contributed by atoms with Gasteiger partial charge in [0.25, 0.3) is 5.91 Å². The molecule has 0 unspecified atom stereocenters. The third-order valence-electron chi connectivity index (χ3n) is 4.68. The lowest BCUT2D eigenvalue weighted by Gasteiger charge is -2.36. The largest absolute Gasteiger partial charge is 0.416 e. The van der Waals surface area contributed by atoms with E-state index < -0.39 is 11.7 Å². The Morgan fingerprint density at radius 3 is 2.43 bits per heavy atom. The predicted octanol–water partition coefficient (Wildman–Crippen LogP) is 5.17. The summed E-state index contributed by atoms with van der Waals surface area (Å²) in [6, 6.07) is 13.0. The molecule has 2 aromatic carbocycles. The summed E-state index contributed by atoms with van der Waals surface area (Å²) in [6.45, 7) is 4.10. The molecule has 1 heterocycles. The predicted molar refractivity (Wildman–Crippen MR) is 107 cm³/mol. The molecule has 1 saturated heterocycles. The molecule has 1 fully saturated rings. The fourth-order valence-electron chi connectivity index (χ4n) is 3.20. The van der Waals surface area contributed by atoms with Crippen LogP contribution in [0.4, 0.5) is 18.9 Å². The van der Waals surface area contributed by atoms with Crippen molar-refractivity contribution in [1.82, 2.24) is 4.90 Å². The SMILES string of the molecule is CCCSc1ccccc1C(=O)N1CCN(c2cccc(C(F)(F)F)c2)CC1. The van der Waals surface area contributed by atoms with Crippen LogP contribution < -0.4 is 4.90 Å². The van der Waals surface area contributed by atoms with Crippen LogP contribution in [-0.2, 0) is 6.18 Å². The number of nitrogens with zero attached hydrogens (tertiary/aromatic N) is 2.